The summed E-state index contributed by atoms with van der Waals surface area (Å²) in [4.78, 5) is 11.4. The van der Waals surface area contributed by atoms with Crippen molar-refractivity contribution >= 4 is 11.7 Å². The van der Waals surface area contributed by atoms with E-state index in [1.54, 1.807) is 12.1 Å². The van der Waals surface area contributed by atoms with E-state index >= 15 is 0 Å². The van der Waals surface area contributed by atoms with E-state index in [0.29, 0.717) is 17.4 Å². The molecule has 0 aliphatic heterocycles. The molecular formula is C17H23NO2. The highest BCUT2D eigenvalue weighted by Crippen LogP contribution is 2.28. The number of carbonyl (C=O) groups is 1. The minimum absolute atomic E-state index is 0.293. The van der Waals surface area contributed by atoms with E-state index in [4.69, 9.17) is 0 Å². The molecule has 1 aliphatic rings. The number of nitrogens with one attached hydrogen (secondary N) is 1. The van der Waals surface area contributed by atoms with Gasteiger partial charge < -0.3 is 10.1 Å². The number of hydrogen-bond donors (Lipinski definition) is 1. The first kappa shape index (κ1) is 14.6. The normalized spacial score (nSPS) is 22.1. The fourth-order valence-corrected chi connectivity index (χ4v) is 2.95. The van der Waals surface area contributed by atoms with Crippen molar-refractivity contribution < 1.29 is 9.53 Å². The first-order valence-electron chi connectivity index (χ1n) is 7.18. The van der Waals surface area contributed by atoms with Crippen molar-refractivity contribution in [2.24, 2.45) is 11.8 Å². The Balaban J connectivity index is 1.88. The molecule has 0 bridgehead atoms. The molecule has 0 spiro atoms. The van der Waals surface area contributed by atoms with Gasteiger partial charge in [-0.15, -0.1) is 0 Å². The van der Waals surface area contributed by atoms with Gasteiger partial charge in [-0.1, -0.05) is 18.6 Å². The van der Waals surface area contributed by atoms with Gasteiger partial charge in [-0.2, -0.15) is 0 Å². The van der Waals surface area contributed by atoms with E-state index in [0.717, 1.165) is 12.2 Å². The summed E-state index contributed by atoms with van der Waals surface area (Å²) in [5, 5.41) is 3.46. The number of benzene rings is 1. The van der Waals surface area contributed by atoms with Gasteiger partial charge in [0.25, 0.3) is 0 Å². The Morgan fingerprint density at radius 1 is 1.35 bits per heavy atom. The quantitative estimate of drug-likeness (QED) is 0.668. The van der Waals surface area contributed by atoms with Gasteiger partial charge in [0.2, 0.25) is 0 Å². The van der Waals surface area contributed by atoms with E-state index in [-0.39, 0.29) is 5.97 Å². The molecule has 1 aromatic carbocycles. The van der Waals surface area contributed by atoms with Crippen molar-refractivity contribution in [2.75, 3.05) is 19.0 Å². The van der Waals surface area contributed by atoms with Crippen LogP contribution in [0.15, 0.2) is 35.9 Å². The summed E-state index contributed by atoms with van der Waals surface area (Å²) >= 11 is 0. The van der Waals surface area contributed by atoms with Gasteiger partial charge in [-0.25, -0.2) is 4.79 Å². The minimum Gasteiger partial charge on any atom is -0.465 e. The number of rotatable bonds is 4. The smallest absolute Gasteiger partial charge is 0.337 e. The van der Waals surface area contributed by atoms with Crippen LogP contribution in [-0.2, 0) is 4.74 Å². The van der Waals surface area contributed by atoms with Gasteiger partial charge in [-0.3, -0.25) is 0 Å². The average Bonchev–Trinajstić information content (AvgIpc) is 2.44. The summed E-state index contributed by atoms with van der Waals surface area (Å²) < 4.78 is 4.69. The topological polar surface area (TPSA) is 38.3 Å². The third-order valence-electron chi connectivity index (χ3n) is 3.79. The lowest BCUT2D eigenvalue weighted by Gasteiger charge is -2.26. The van der Waals surface area contributed by atoms with E-state index < -0.39 is 0 Å². The van der Waals surface area contributed by atoms with Gasteiger partial charge >= 0.3 is 5.97 Å². The zero-order valence-corrected chi connectivity index (χ0v) is 12.5. The van der Waals surface area contributed by atoms with Crippen molar-refractivity contribution in [3.8, 4) is 0 Å². The van der Waals surface area contributed by atoms with Crippen LogP contribution in [0.2, 0.25) is 0 Å². The number of methoxy groups -OCH3 is 1. The van der Waals surface area contributed by atoms with Crippen LogP contribution in [0.5, 0.6) is 0 Å². The molecule has 2 atom stereocenters. The summed E-state index contributed by atoms with van der Waals surface area (Å²) in [5.74, 6) is 1.07. The monoisotopic (exact) mass is 273 g/mol. The van der Waals surface area contributed by atoms with Crippen molar-refractivity contribution in [3.63, 3.8) is 0 Å². The number of esters is 1. The molecule has 0 heterocycles. The molecule has 3 heteroatoms. The van der Waals surface area contributed by atoms with Crippen molar-refractivity contribution in [3.05, 3.63) is 41.5 Å². The third-order valence-corrected chi connectivity index (χ3v) is 3.79. The summed E-state index contributed by atoms with van der Waals surface area (Å²) in [7, 11) is 1.40. The molecule has 1 aliphatic carbocycles. The molecule has 1 aromatic rings. The van der Waals surface area contributed by atoms with Crippen LogP contribution in [0.1, 0.15) is 37.0 Å². The van der Waals surface area contributed by atoms with E-state index in [2.05, 4.69) is 30.0 Å². The van der Waals surface area contributed by atoms with Crippen molar-refractivity contribution in [2.45, 2.75) is 26.7 Å². The van der Waals surface area contributed by atoms with Gasteiger partial charge in [0, 0.05) is 12.2 Å². The second-order valence-corrected chi connectivity index (χ2v) is 5.75. The fourth-order valence-electron chi connectivity index (χ4n) is 2.95. The SMILES string of the molecule is COC(=O)c1ccc(NCC2CC(C)=CC(C)C2)cc1. The summed E-state index contributed by atoms with van der Waals surface area (Å²) in [6, 6.07) is 7.45. The first-order valence-corrected chi connectivity index (χ1v) is 7.18. The molecule has 0 aromatic heterocycles. The average molecular weight is 273 g/mol. The Morgan fingerprint density at radius 3 is 2.65 bits per heavy atom. The first-order chi connectivity index (χ1) is 9.58. The van der Waals surface area contributed by atoms with E-state index in [1.807, 2.05) is 12.1 Å². The molecule has 3 nitrogen and oxygen atoms in total. The molecule has 2 unspecified atom stereocenters. The number of hydrogen-bond acceptors (Lipinski definition) is 3. The molecule has 0 amide bonds. The van der Waals surface area contributed by atoms with Crippen LogP contribution in [0.25, 0.3) is 0 Å². The lowest BCUT2D eigenvalue weighted by atomic mass is 9.84. The minimum atomic E-state index is -0.293. The Kier molecular flexibility index (Phi) is 4.83. The van der Waals surface area contributed by atoms with Crippen LogP contribution >= 0.6 is 0 Å². The van der Waals surface area contributed by atoms with Crippen LogP contribution in [0.4, 0.5) is 5.69 Å². The van der Waals surface area contributed by atoms with E-state index in [9.17, 15) is 4.79 Å². The molecule has 2 rings (SSSR count). The second kappa shape index (κ2) is 6.60. The predicted molar refractivity (Wildman–Crippen MR) is 81.9 cm³/mol. The Hall–Kier alpha value is -1.77. The van der Waals surface area contributed by atoms with Gasteiger partial charge in [0.05, 0.1) is 12.7 Å². The highest BCUT2D eigenvalue weighted by atomic mass is 16.5. The molecule has 108 valence electrons. The number of ether oxygens (including phenoxy) is 1. The number of anilines is 1. The maximum absolute atomic E-state index is 11.4. The zero-order valence-electron chi connectivity index (χ0n) is 12.5. The standard InChI is InChI=1S/C17H23NO2/c1-12-8-13(2)10-14(9-12)11-18-16-6-4-15(5-7-16)17(19)20-3/h4-8,12,14,18H,9-11H2,1-3H3. The maximum Gasteiger partial charge on any atom is 0.337 e. The second-order valence-electron chi connectivity index (χ2n) is 5.75. The third kappa shape index (κ3) is 3.86. The van der Waals surface area contributed by atoms with E-state index in [1.165, 1.54) is 25.5 Å². The largest absolute Gasteiger partial charge is 0.465 e. The van der Waals surface area contributed by atoms with Crippen LogP contribution in [0.3, 0.4) is 0 Å². The van der Waals surface area contributed by atoms with Gasteiger partial charge in [0.15, 0.2) is 0 Å². The number of carbonyl (C=O) groups excluding carboxylic acids is 1. The lowest BCUT2D eigenvalue weighted by Crippen LogP contribution is -2.20. The van der Waals surface area contributed by atoms with Crippen LogP contribution < -0.4 is 5.32 Å². The van der Waals surface area contributed by atoms with Crippen LogP contribution in [-0.4, -0.2) is 19.6 Å². The zero-order chi connectivity index (χ0) is 14.5. The Morgan fingerprint density at radius 2 is 2.05 bits per heavy atom. The predicted octanol–water partition coefficient (Wildman–Crippen LogP) is 3.88. The molecule has 0 saturated carbocycles. The highest BCUT2D eigenvalue weighted by molar-refractivity contribution is 5.89. The van der Waals surface area contributed by atoms with Crippen molar-refractivity contribution in [1.82, 2.24) is 0 Å². The highest BCUT2D eigenvalue weighted by Gasteiger charge is 2.17. The maximum atomic E-state index is 11.4. The fraction of sp³-hybridized carbons (Fsp3) is 0.471. The molecule has 1 N–H and O–H groups in total. The lowest BCUT2D eigenvalue weighted by molar-refractivity contribution is 0.0601. The summed E-state index contributed by atoms with van der Waals surface area (Å²) in [6.45, 7) is 5.47. The van der Waals surface area contributed by atoms with Crippen LogP contribution in [0, 0.1) is 11.8 Å². The Labute approximate surface area is 121 Å². The molecule has 20 heavy (non-hydrogen) atoms. The summed E-state index contributed by atoms with van der Waals surface area (Å²) in [6.07, 6.45) is 4.80. The van der Waals surface area contributed by atoms with Crippen molar-refractivity contribution in [1.29, 1.82) is 0 Å². The Bertz CT molecular complexity index is 490. The summed E-state index contributed by atoms with van der Waals surface area (Å²) in [5.41, 5.74) is 3.14. The molecule has 0 radical (unpaired) electrons. The number of allylic oxidation sites excluding steroid dienone is 2. The molecular weight excluding hydrogens is 250 g/mol. The molecule has 0 saturated heterocycles. The van der Waals surface area contributed by atoms with Gasteiger partial charge in [-0.05, 0) is 55.9 Å². The van der Waals surface area contributed by atoms with Gasteiger partial charge in [0.1, 0.15) is 0 Å². The molecule has 0 fully saturated rings.